The standard InChI is InChI=1S/C23H24ClN5O3/c24-16-3-4-17(25-13-16)15-32-19-7-9-29(22(30)12-19)20-5-6-21(26-23(20)31)28-11-10-27-8-1-2-18(27)14-28/h3-7,9,12-13,18H,1-2,8,10-11,14-15H2,(H,26,31). The van der Waals surface area contributed by atoms with E-state index in [4.69, 9.17) is 16.3 Å². The van der Waals surface area contributed by atoms with Gasteiger partial charge in [0, 0.05) is 44.1 Å². The van der Waals surface area contributed by atoms with Crippen LogP contribution in [0, 0.1) is 0 Å². The summed E-state index contributed by atoms with van der Waals surface area (Å²) in [4.78, 5) is 37.3. The lowest BCUT2D eigenvalue weighted by Crippen LogP contribution is -2.50. The molecule has 0 saturated carbocycles. The van der Waals surface area contributed by atoms with Gasteiger partial charge < -0.3 is 14.6 Å². The minimum absolute atomic E-state index is 0.212. The molecule has 2 fully saturated rings. The minimum Gasteiger partial charge on any atom is -0.487 e. The minimum atomic E-state index is -0.343. The van der Waals surface area contributed by atoms with Gasteiger partial charge in [-0.25, -0.2) is 0 Å². The highest BCUT2D eigenvalue weighted by atomic mass is 35.5. The van der Waals surface area contributed by atoms with Crippen LogP contribution in [0.2, 0.25) is 5.02 Å². The van der Waals surface area contributed by atoms with Crippen LogP contribution in [-0.2, 0) is 6.61 Å². The monoisotopic (exact) mass is 453 g/mol. The van der Waals surface area contributed by atoms with Gasteiger partial charge in [0.05, 0.1) is 10.7 Å². The number of piperazine rings is 1. The van der Waals surface area contributed by atoms with Crippen molar-refractivity contribution >= 4 is 17.4 Å². The molecule has 1 N–H and O–H groups in total. The molecule has 166 valence electrons. The van der Waals surface area contributed by atoms with Crippen LogP contribution < -0.4 is 20.8 Å². The molecule has 8 nitrogen and oxygen atoms in total. The number of nitrogens with zero attached hydrogens (tertiary/aromatic N) is 4. The molecule has 0 aliphatic carbocycles. The van der Waals surface area contributed by atoms with Crippen LogP contribution in [0.15, 0.2) is 58.4 Å². The van der Waals surface area contributed by atoms with Crippen LogP contribution in [0.25, 0.3) is 5.69 Å². The van der Waals surface area contributed by atoms with Crippen LogP contribution in [0.3, 0.4) is 0 Å². The van der Waals surface area contributed by atoms with Gasteiger partial charge in [0.2, 0.25) is 0 Å². The molecule has 5 rings (SSSR count). The molecule has 1 atom stereocenters. The first-order chi connectivity index (χ1) is 15.6. The summed E-state index contributed by atoms with van der Waals surface area (Å²) >= 11 is 5.83. The Kier molecular flexibility index (Phi) is 5.71. The third-order valence-corrected chi connectivity index (χ3v) is 6.35. The number of aromatic amines is 1. The fourth-order valence-corrected chi connectivity index (χ4v) is 4.55. The highest BCUT2D eigenvalue weighted by Gasteiger charge is 2.30. The molecule has 2 aliphatic rings. The number of rotatable bonds is 5. The zero-order chi connectivity index (χ0) is 22.1. The lowest BCUT2D eigenvalue weighted by atomic mass is 10.1. The topological polar surface area (TPSA) is 83.5 Å². The van der Waals surface area contributed by atoms with Gasteiger partial charge >= 0.3 is 0 Å². The van der Waals surface area contributed by atoms with E-state index in [1.165, 1.54) is 30.0 Å². The van der Waals surface area contributed by atoms with E-state index in [1.807, 2.05) is 6.07 Å². The number of halogens is 1. The Morgan fingerprint density at radius 2 is 2.03 bits per heavy atom. The first-order valence-electron chi connectivity index (χ1n) is 10.8. The fraction of sp³-hybridized carbons (Fsp3) is 0.348. The van der Waals surface area contributed by atoms with Crippen molar-refractivity contribution in [3.63, 3.8) is 0 Å². The van der Waals surface area contributed by atoms with Gasteiger partial charge in [-0.3, -0.25) is 24.0 Å². The van der Waals surface area contributed by atoms with E-state index >= 15 is 0 Å². The van der Waals surface area contributed by atoms with Gasteiger partial charge in [-0.1, -0.05) is 11.6 Å². The molecule has 3 aromatic rings. The van der Waals surface area contributed by atoms with E-state index in [9.17, 15) is 9.59 Å². The van der Waals surface area contributed by atoms with Gasteiger partial charge in [-0.2, -0.15) is 0 Å². The van der Waals surface area contributed by atoms with E-state index in [0.29, 0.717) is 22.5 Å². The average Bonchev–Trinajstić information content (AvgIpc) is 3.27. The highest BCUT2D eigenvalue weighted by molar-refractivity contribution is 6.30. The Hall–Kier alpha value is -3.10. The number of H-pyrrole nitrogens is 1. The number of hydrogen-bond donors (Lipinski definition) is 1. The summed E-state index contributed by atoms with van der Waals surface area (Å²) in [6.45, 7) is 4.21. The molecule has 9 heteroatoms. The smallest absolute Gasteiger partial charge is 0.273 e. The van der Waals surface area contributed by atoms with Gasteiger partial charge in [-0.15, -0.1) is 0 Å². The lowest BCUT2D eigenvalue weighted by molar-refractivity contribution is 0.230. The maximum absolute atomic E-state index is 12.8. The highest BCUT2D eigenvalue weighted by Crippen LogP contribution is 2.24. The van der Waals surface area contributed by atoms with Crippen LogP contribution in [0.1, 0.15) is 18.5 Å². The van der Waals surface area contributed by atoms with E-state index in [-0.39, 0.29) is 23.4 Å². The fourth-order valence-electron chi connectivity index (χ4n) is 4.44. The quantitative estimate of drug-likeness (QED) is 0.639. The van der Waals surface area contributed by atoms with Gasteiger partial charge in [0.15, 0.2) is 0 Å². The predicted octanol–water partition coefficient (Wildman–Crippen LogP) is 2.44. The average molecular weight is 454 g/mol. The Labute approximate surface area is 190 Å². The zero-order valence-electron chi connectivity index (χ0n) is 17.5. The number of hydrogen-bond acceptors (Lipinski definition) is 6. The van der Waals surface area contributed by atoms with Crippen LogP contribution in [-0.4, -0.2) is 51.7 Å². The number of nitrogens with one attached hydrogen (secondary N) is 1. The molecule has 1 unspecified atom stereocenters. The Morgan fingerprint density at radius 3 is 2.81 bits per heavy atom. The molecule has 2 aliphatic heterocycles. The Bertz CT molecular complexity index is 1220. The third-order valence-electron chi connectivity index (χ3n) is 6.13. The second-order valence-electron chi connectivity index (χ2n) is 8.16. The van der Waals surface area contributed by atoms with Crippen LogP contribution in [0.5, 0.6) is 5.75 Å². The molecule has 0 radical (unpaired) electrons. The number of ether oxygens (including phenoxy) is 1. The summed E-state index contributed by atoms with van der Waals surface area (Å²) in [5.74, 6) is 1.21. The van der Waals surface area contributed by atoms with Crippen molar-refractivity contribution in [3.05, 3.63) is 80.2 Å². The molecule has 0 amide bonds. The summed E-state index contributed by atoms with van der Waals surface area (Å²) in [6, 6.07) is 10.7. The van der Waals surface area contributed by atoms with Crippen molar-refractivity contribution in [1.29, 1.82) is 0 Å². The largest absolute Gasteiger partial charge is 0.487 e. The van der Waals surface area contributed by atoms with Crippen molar-refractivity contribution in [1.82, 2.24) is 19.4 Å². The Morgan fingerprint density at radius 1 is 1.12 bits per heavy atom. The predicted molar refractivity (Wildman–Crippen MR) is 123 cm³/mol. The van der Waals surface area contributed by atoms with Gasteiger partial charge in [0.1, 0.15) is 23.9 Å². The first-order valence-corrected chi connectivity index (χ1v) is 11.1. The normalized spacial score (nSPS) is 18.5. The van der Waals surface area contributed by atoms with Crippen molar-refractivity contribution in [2.24, 2.45) is 0 Å². The van der Waals surface area contributed by atoms with E-state index in [0.717, 1.165) is 25.5 Å². The van der Waals surface area contributed by atoms with Crippen molar-refractivity contribution in [2.45, 2.75) is 25.5 Å². The van der Waals surface area contributed by atoms with Crippen molar-refractivity contribution in [2.75, 3.05) is 31.1 Å². The summed E-state index contributed by atoms with van der Waals surface area (Å²) < 4.78 is 6.98. The molecule has 0 aromatic carbocycles. The van der Waals surface area contributed by atoms with E-state index in [2.05, 4.69) is 19.8 Å². The molecule has 0 bridgehead atoms. The number of pyridine rings is 3. The molecule has 2 saturated heterocycles. The second-order valence-corrected chi connectivity index (χ2v) is 8.60. The zero-order valence-corrected chi connectivity index (χ0v) is 18.3. The Balaban J connectivity index is 1.30. The molecule has 32 heavy (non-hydrogen) atoms. The number of aromatic nitrogens is 3. The number of fused-ring (bicyclic) bond motifs is 1. The number of anilines is 1. The van der Waals surface area contributed by atoms with E-state index < -0.39 is 0 Å². The van der Waals surface area contributed by atoms with Crippen LogP contribution >= 0.6 is 11.6 Å². The van der Waals surface area contributed by atoms with Crippen molar-refractivity contribution in [3.8, 4) is 11.4 Å². The summed E-state index contributed by atoms with van der Waals surface area (Å²) in [5, 5.41) is 0.549. The summed E-state index contributed by atoms with van der Waals surface area (Å²) in [5.41, 5.74) is 0.343. The maximum Gasteiger partial charge on any atom is 0.273 e. The van der Waals surface area contributed by atoms with Gasteiger partial charge in [0.25, 0.3) is 11.1 Å². The second kappa shape index (κ2) is 8.80. The van der Waals surface area contributed by atoms with Gasteiger partial charge in [-0.05, 0) is 49.7 Å². The molecular formula is C23H24ClN5O3. The molecular weight excluding hydrogens is 430 g/mol. The SMILES string of the molecule is O=c1[nH]c(N2CCN3CCCC3C2)ccc1-n1ccc(OCc2ccc(Cl)cn2)cc1=O. The first kappa shape index (κ1) is 20.8. The molecule has 3 aromatic heterocycles. The summed E-state index contributed by atoms with van der Waals surface area (Å²) in [7, 11) is 0. The molecule has 0 spiro atoms. The van der Waals surface area contributed by atoms with E-state index in [1.54, 1.807) is 36.7 Å². The molecule has 5 heterocycles. The third kappa shape index (κ3) is 4.28. The van der Waals surface area contributed by atoms with Crippen LogP contribution in [0.4, 0.5) is 5.82 Å². The maximum atomic E-state index is 12.8. The summed E-state index contributed by atoms with van der Waals surface area (Å²) in [6.07, 6.45) is 5.54. The lowest BCUT2D eigenvalue weighted by Gasteiger charge is -2.38. The van der Waals surface area contributed by atoms with Crippen molar-refractivity contribution < 1.29 is 4.74 Å².